The van der Waals surface area contributed by atoms with Crippen molar-refractivity contribution in [3.05, 3.63) is 115 Å². The Balaban J connectivity index is 1.30. The minimum Gasteiger partial charge on any atom is -0.341 e. The van der Waals surface area contributed by atoms with E-state index in [9.17, 15) is 0 Å². The van der Waals surface area contributed by atoms with E-state index in [1.807, 2.05) is 10.7 Å². The number of fused-ring (bicyclic) bond motifs is 9. The minimum atomic E-state index is 0.943. The third kappa shape index (κ3) is 2.97. The highest BCUT2D eigenvalue weighted by Crippen LogP contribution is 2.34. The quantitative estimate of drug-likeness (QED) is 0.234. The normalized spacial score (nSPS) is 11.9. The van der Waals surface area contributed by atoms with Crippen LogP contribution in [0.3, 0.4) is 0 Å². The van der Waals surface area contributed by atoms with E-state index >= 15 is 0 Å². The Labute approximate surface area is 219 Å². The number of pyridine rings is 2. The SMILES string of the molecule is CCn1c2ccccc2c2cc(-c3cccc(-c4ccc5c(c4)c4ccccc4c4ccnn45)n3)ccc21. The van der Waals surface area contributed by atoms with Crippen molar-refractivity contribution in [2.24, 2.45) is 0 Å². The first-order valence-electron chi connectivity index (χ1n) is 13.1. The van der Waals surface area contributed by atoms with Gasteiger partial charge in [-0.2, -0.15) is 5.10 Å². The summed E-state index contributed by atoms with van der Waals surface area (Å²) < 4.78 is 4.42. The van der Waals surface area contributed by atoms with Crippen molar-refractivity contribution in [1.82, 2.24) is 19.2 Å². The predicted octanol–water partition coefficient (Wildman–Crippen LogP) is 8.50. The lowest BCUT2D eigenvalue weighted by atomic mass is 10.0. The van der Waals surface area contributed by atoms with Gasteiger partial charge in [0.1, 0.15) is 0 Å². The largest absolute Gasteiger partial charge is 0.341 e. The standard InChI is InChI=1S/C34H24N4/c1-2-37-31-13-6-5-10-26(31)28-21-22(14-16-32(28)37)29-11-7-12-30(36-29)23-15-17-33-27(20-23)24-8-3-4-9-25(24)34-18-19-35-38(33)34/h3-21H,2H2,1H3. The summed E-state index contributed by atoms with van der Waals surface area (Å²) in [5, 5.41) is 10.8. The molecule has 4 heteroatoms. The van der Waals surface area contributed by atoms with Crippen LogP contribution in [0.2, 0.25) is 0 Å². The van der Waals surface area contributed by atoms with Gasteiger partial charge in [0, 0.05) is 50.2 Å². The molecule has 4 aromatic carbocycles. The number of hydrogen-bond acceptors (Lipinski definition) is 2. The maximum absolute atomic E-state index is 5.14. The zero-order valence-electron chi connectivity index (χ0n) is 21.0. The Hall–Kier alpha value is -4.96. The molecule has 0 saturated carbocycles. The van der Waals surface area contributed by atoms with Crippen molar-refractivity contribution in [1.29, 1.82) is 0 Å². The van der Waals surface area contributed by atoms with Crippen LogP contribution in [-0.2, 0) is 6.54 Å². The number of nitrogens with zero attached hydrogens (tertiary/aromatic N) is 4. The molecule has 0 aliphatic carbocycles. The molecule has 0 saturated heterocycles. The molecule has 0 fully saturated rings. The highest BCUT2D eigenvalue weighted by molar-refractivity contribution is 6.13. The van der Waals surface area contributed by atoms with Gasteiger partial charge in [-0.05, 0) is 60.8 Å². The van der Waals surface area contributed by atoms with Crippen molar-refractivity contribution in [3.8, 4) is 22.5 Å². The van der Waals surface area contributed by atoms with Gasteiger partial charge in [0.15, 0.2) is 0 Å². The van der Waals surface area contributed by atoms with E-state index in [4.69, 9.17) is 4.98 Å². The van der Waals surface area contributed by atoms with Gasteiger partial charge in [0.25, 0.3) is 0 Å². The molecule has 38 heavy (non-hydrogen) atoms. The summed E-state index contributed by atoms with van der Waals surface area (Å²) in [6.45, 7) is 3.15. The van der Waals surface area contributed by atoms with Crippen LogP contribution in [0, 0.1) is 0 Å². The second-order valence-corrected chi connectivity index (χ2v) is 9.81. The summed E-state index contributed by atoms with van der Waals surface area (Å²) in [5.41, 5.74) is 8.93. The topological polar surface area (TPSA) is 35.1 Å². The molecule has 0 aliphatic rings. The van der Waals surface area contributed by atoms with E-state index in [2.05, 4.69) is 126 Å². The Morgan fingerprint density at radius 3 is 1.84 bits per heavy atom. The van der Waals surface area contributed by atoms with Crippen LogP contribution in [0.4, 0.5) is 0 Å². The molecule has 4 nitrogen and oxygen atoms in total. The van der Waals surface area contributed by atoms with E-state index in [0.29, 0.717) is 0 Å². The van der Waals surface area contributed by atoms with E-state index < -0.39 is 0 Å². The van der Waals surface area contributed by atoms with Gasteiger partial charge >= 0.3 is 0 Å². The number of benzene rings is 4. The van der Waals surface area contributed by atoms with Gasteiger partial charge in [-0.15, -0.1) is 0 Å². The summed E-state index contributed by atoms with van der Waals surface area (Å²) in [6, 6.07) is 38.9. The zero-order valence-corrected chi connectivity index (χ0v) is 21.0. The van der Waals surface area contributed by atoms with Gasteiger partial charge in [-0.25, -0.2) is 9.50 Å². The maximum atomic E-state index is 5.14. The van der Waals surface area contributed by atoms with Crippen LogP contribution in [0.25, 0.3) is 71.5 Å². The van der Waals surface area contributed by atoms with Crippen LogP contribution in [0.1, 0.15) is 6.92 Å². The average Bonchev–Trinajstić information content (AvgIpc) is 3.60. The van der Waals surface area contributed by atoms with Crippen LogP contribution in [0.15, 0.2) is 115 Å². The fraction of sp³-hybridized carbons (Fsp3) is 0.0588. The number of hydrogen-bond donors (Lipinski definition) is 0. The monoisotopic (exact) mass is 488 g/mol. The van der Waals surface area contributed by atoms with Gasteiger partial charge in [-0.1, -0.05) is 60.7 Å². The third-order valence-electron chi connectivity index (χ3n) is 7.79. The Morgan fingerprint density at radius 2 is 1.11 bits per heavy atom. The van der Waals surface area contributed by atoms with Gasteiger partial charge in [0.05, 0.1) is 28.6 Å². The molecule has 0 aliphatic heterocycles. The van der Waals surface area contributed by atoms with Crippen LogP contribution in [-0.4, -0.2) is 19.2 Å². The predicted molar refractivity (Wildman–Crippen MR) is 158 cm³/mol. The van der Waals surface area contributed by atoms with E-state index in [1.165, 1.54) is 38.0 Å². The lowest BCUT2D eigenvalue weighted by Gasteiger charge is -2.11. The summed E-state index contributed by atoms with van der Waals surface area (Å²) in [7, 11) is 0. The maximum Gasteiger partial charge on any atom is 0.0747 e. The van der Waals surface area contributed by atoms with E-state index in [0.717, 1.165) is 40.1 Å². The number of rotatable bonds is 3. The second kappa shape index (κ2) is 8.02. The fourth-order valence-electron chi connectivity index (χ4n) is 6.05. The molecular weight excluding hydrogens is 464 g/mol. The molecule has 4 aromatic heterocycles. The van der Waals surface area contributed by atoms with Gasteiger partial charge in [0.2, 0.25) is 0 Å². The first kappa shape index (κ1) is 21.2. The molecule has 0 amide bonds. The molecule has 8 aromatic rings. The number of aromatic nitrogens is 4. The molecule has 0 bridgehead atoms. The van der Waals surface area contributed by atoms with Crippen molar-refractivity contribution >= 4 is 49.0 Å². The Morgan fingerprint density at radius 1 is 0.526 bits per heavy atom. The summed E-state index contributed by atoms with van der Waals surface area (Å²) >= 11 is 0. The zero-order chi connectivity index (χ0) is 25.2. The Kier molecular flexibility index (Phi) is 4.47. The second-order valence-electron chi connectivity index (χ2n) is 9.81. The molecule has 0 N–H and O–H groups in total. The molecule has 0 radical (unpaired) electrons. The molecule has 0 atom stereocenters. The van der Waals surface area contributed by atoms with Gasteiger partial charge < -0.3 is 4.57 Å². The lowest BCUT2D eigenvalue weighted by Crippen LogP contribution is -1.94. The smallest absolute Gasteiger partial charge is 0.0747 e. The van der Waals surface area contributed by atoms with Crippen molar-refractivity contribution in [2.45, 2.75) is 13.5 Å². The number of para-hydroxylation sites is 1. The Bertz CT molecular complexity index is 2180. The molecule has 0 spiro atoms. The molecule has 0 unspecified atom stereocenters. The van der Waals surface area contributed by atoms with Crippen LogP contribution in [0.5, 0.6) is 0 Å². The highest BCUT2D eigenvalue weighted by atomic mass is 15.2. The molecule has 8 rings (SSSR count). The first-order chi connectivity index (χ1) is 18.8. The van der Waals surface area contributed by atoms with Crippen molar-refractivity contribution in [2.75, 3.05) is 0 Å². The highest BCUT2D eigenvalue weighted by Gasteiger charge is 2.13. The summed E-state index contributed by atoms with van der Waals surface area (Å²) in [4.78, 5) is 5.14. The first-order valence-corrected chi connectivity index (χ1v) is 13.1. The van der Waals surface area contributed by atoms with Crippen molar-refractivity contribution < 1.29 is 0 Å². The molecular formula is C34H24N4. The van der Waals surface area contributed by atoms with Crippen LogP contribution < -0.4 is 0 Å². The molecule has 4 heterocycles. The number of aryl methyl sites for hydroxylation is 1. The van der Waals surface area contributed by atoms with E-state index in [-0.39, 0.29) is 0 Å². The summed E-state index contributed by atoms with van der Waals surface area (Å²) in [5.74, 6) is 0. The fourth-order valence-corrected chi connectivity index (χ4v) is 6.05. The van der Waals surface area contributed by atoms with Crippen LogP contribution >= 0.6 is 0 Å². The van der Waals surface area contributed by atoms with Gasteiger partial charge in [-0.3, -0.25) is 0 Å². The van der Waals surface area contributed by atoms with Crippen molar-refractivity contribution in [3.63, 3.8) is 0 Å². The minimum absolute atomic E-state index is 0.943. The summed E-state index contributed by atoms with van der Waals surface area (Å²) in [6.07, 6.45) is 1.87. The molecule has 180 valence electrons. The third-order valence-corrected chi connectivity index (χ3v) is 7.79. The van der Waals surface area contributed by atoms with E-state index in [1.54, 1.807) is 0 Å². The average molecular weight is 489 g/mol. The lowest BCUT2D eigenvalue weighted by molar-refractivity contribution is 0.827.